The largest absolute Gasteiger partial charge is 0.370 e. The molecular weight excluding hydrogens is 274 g/mol. The standard InChI is InChI=1S/C15H16ClN3O/c1-2-17-14-13(7-4-8-18-14)15(20)19-10-11-5-3-6-12(16)9-11/h3-9H,2,10H2,1H3,(H,17,18)(H,19,20). The number of halogens is 1. The van der Waals surface area contributed by atoms with Gasteiger partial charge in [0, 0.05) is 24.3 Å². The molecule has 104 valence electrons. The van der Waals surface area contributed by atoms with Gasteiger partial charge in [-0.05, 0) is 36.8 Å². The summed E-state index contributed by atoms with van der Waals surface area (Å²) in [6.45, 7) is 3.10. The van der Waals surface area contributed by atoms with E-state index in [1.165, 1.54) is 0 Å². The van der Waals surface area contributed by atoms with Crippen LogP contribution in [-0.2, 0) is 6.54 Å². The Hall–Kier alpha value is -2.07. The summed E-state index contributed by atoms with van der Waals surface area (Å²) in [4.78, 5) is 16.3. The van der Waals surface area contributed by atoms with Crippen molar-refractivity contribution in [2.75, 3.05) is 11.9 Å². The monoisotopic (exact) mass is 289 g/mol. The first-order valence-corrected chi connectivity index (χ1v) is 6.80. The Morgan fingerprint density at radius 3 is 2.90 bits per heavy atom. The highest BCUT2D eigenvalue weighted by Gasteiger charge is 2.11. The number of nitrogens with zero attached hydrogens (tertiary/aromatic N) is 1. The number of carbonyl (C=O) groups excluding carboxylic acids is 1. The summed E-state index contributed by atoms with van der Waals surface area (Å²) in [7, 11) is 0. The van der Waals surface area contributed by atoms with Gasteiger partial charge in [-0.1, -0.05) is 23.7 Å². The van der Waals surface area contributed by atoms with Crippen LogP contribution in [0.2, 0.25) is 5.02 Å². The molecule has 20 heavy (non-hydrogen) atoms. The predicted molar refractivity (Wildman–Crippen MR) is 81.0 cm³/mol. The molecular formula is C15H16ClN3O. The van der Waals surface area contributed by atoms with E-state index in [-0.39, 0.29) is 5.91 Å². The molecule has 0 saturated carbocycles. The molecule has 0 aliphatic rings. The van der Waals surface area contributed by atoms with E-state index in [1.54, 1.807) is 24.4 Å². The van der Waals surface area contributed by atoms with Gasteiger partial charge in [0.25, 0.3) is 5.91 Å². The molecule has 2 rings (SSSR count). The molecule has 0 unspecified atom stereocenters. The van der Waals surface area contributed by atoms with E-state index in [2.05, 4.69) is 15.6 Å². The molecule has 1 amide bonds. The van der Waals surface area contributed by atoms with Crippen LogP contribution in [-0.4, -0.2) is 17.4 Å². The number of amides is 1. The van der Waals surface area contributed by atoms with Crippen LogP contribution in [0.3, 0.4) is 0 Å². The minimum atomic E-state index is -0.158. The van der Waals surface area contributed by atoms with Gasteiger partial charge in [0.15, 0.2) is 0 Å². The van der Waals surface area contributed by atoms with Crippen molar-refractivity contribution < 1.29 is 4.79 Å². The van der Waals surface area contributed by atoms with E-state index in [1.807, 2.05) is 25.1 Å². The number of benzene rings is 1. The molecule has 0 radical (unpaired) electrons. The van der Waals surface area contributed by atoms with Gasteiger partial charge in [0.2, 0.25) is 0 Å². The Balaban J connectivity index is 2.05. The average molecular weight is 290 g/mol. The SMILES string of the molecule is CCNc1ncccc1C(=O)NCc1cccc(Cl)c1. The van der Waals surface area contributed by atoms with Crippen molar-refractivity contribution in [3.63, 3.8) is 0 Å². The molecule has 0 atom stereocenters. The first kappa shape index (κ1) is 14.3. The Morgan fingerprint density at radius 2 is 2.15 bits per heavy atom. The van der Waals surface area contributed by atoms with Crippen molar-refractivity contribution >= 4 is 23.3 Å². The van der Waals surface area contributed by atoms with Crippen LogP contribution in [0.4, 0.5) is 5.82 Å². The summed E-state index contributed by atoms with van der Waals surface area (Å²) in [5.74, 6) is 0.438. The lowest BCUT2D eigenvalue weighted by molar-refractivity contribution is 0.0951. The lowest BCUT2D eigenvalue weighted by Crippen LogP contribution is -2.24. The maximum atomic E-state index is 12.2. The first-order valence-electron chi connectivity index (χ1n) is 6.42. The molecule has 1 heterocycles. The third kappa shape index (κ3) is 3.71. The van der Waals surface area contributed by atoms with Crippen LogP contribution in [0.1, 0.15) is 22.8 Å². The van der Waals surface area contributed by atoms with Gasteiger partial charge in [-0.2, -0.15) is 0 Å². The van der Waals surface area contributed by atoms with E-state index < -0.39 is 0 Å². The summed E-state index contributed by atoms with van der Waals surface area (Å²) in [5.41, 5.74) is 1.50. The lowest BCUT2D eigenvalue weighted by Gasteiger charge is -2.10. The maximum Gasteiger partial charge on any atom is 0.255 e. The molecule has 0 spiro atoms. The van der Waals surface area contributed by atoms with Crippen molar-refractivity contribution in [1.29, 1.82) is 0 Å². The zero-order chi connectivity index (χ0) is 14.4. The fourth-order valence-electron chi connectivity index (χ4n) is 1.82. The fraction of sp³-hybridized carbons (Fsp3) is 0.200. The molecule has 2 N–H and O–H groups in total. The highest BCUT2D eigenvalue weighted by molar-refractivity contribution is 6.30. The maximum absolute atomic E-state index is 12.2. The van der Waals surface area contributed by atoms with E-state index in [0.29, 0.717) is 29.5 Å². The van der Waals surface area contributed by atoms with E-state index in [4.69, 9.17) is 11.6 Å². The predicted octanol–water partition coefficient (Wildman–Crippen LogP) is 3.10. The summed E-state index contributed by atoms with van der Waals surface area (Å²) in [6.07, 6.45) is 1.66. The van der Waals surface area contributed by atoms with Gasteiger partial charge >= 0.3 is 0 Å². The number of anilines is 1. The minimum Gasteiger partial charge on any atom is -0.370 e. The average Bonchev–Trinajstić information content (AvgIpc) is 2.46. The second kappa shape index (κ2) is 6.91. The second-order valence-corrected chi connectivity index (χ2v) is 4.68. The van der Waals surface area contributed by atoms with Gasteiger partial charge in [-0.3, -0.25) is 4.79 Å². The smallest absolute Gasteiger partial charge is 0.255 e. The lowest BCUT2D eigenvalue weighted by atomic mass is 10.2. The van der Waals surface area contributed by atoms with Crippen LogP contribution in [0, 0.1) is 0 Å². The van der Waals surface area contributed by atoms with Crippen molar-refractivity contribution in [3.05, 3.63) is 58.7 Å². The zero-order valence-electron chi connectivity index (χ0n) is 11.2. The Labute approximate surface area is 123 Å². The topological polar surface area (TPSA) is 54.0 Å². The second-order valence-electron chi connectivity index (χ2n) is 4.24. The Morgan fingerprint density at radius 1 is 1.30 bits per heavy atom. The summed E-state index contributed by atoms with van der Waals surface area (Å²) in [6, 6.07) is 10.9. The molecule has 0 aliphatic heterocycles. The number of carbonyl (C=O) groups is 1. The molecule has 0 saturated heterocycles. The minimum absolute atomic E-state index is 0.158. The number of pyridine rings is 1. The summed E-state index contributed by atoms with van der Waals surface area (Å²) < 4.78 is 0. The quantitative estimate of drug-likeness (QED) is 0.889. The normalized spacial score (nSPS) is 10.1. The van der Waals surface area contributed by atoms with E-state index in [9.17, 15) is 4.79 Å². The van der Waals surface area contributed by atoms with Gasteiger partial charge in [0.1, 0.15) is 5.82 Å². The molecule has 2 aromatic rings. The van der Waals surface area contributed by atoms with Crippen molar-refractivity contribution in [1.82, 2.24) is 10.3 Å². The molecule has 0 aliphatic carbocycles. The molecule has 5 heteroatoms. The van der Waals surface area contributed by atoms with Crippen LogP contribution in [0.5, 0.6) is 0 Å². The highest BCUT2D eigenvalue weighted by Crippen LogP contribution is 2.13. The Bertz CT molecular complexity index is 601. The summed E-state index contributed by atoms with van der Waals surface area (Å²) >= 11 is 5.91. The van der Waals surface area contributed by atoms with Crippen molar-refractivity contribution in [2.45, 2.75) is 13.5 Å². The van der Waals surface area contributed by atoms with Gasteiger partial charge in [-0.25, -0.2) is 4.98 Å². The molecule has 4 nitrogen and oxygen atoms in total. The number of nitrogens with one attached hydrogen (secondary N) is 2. The van der Waals surface area contributed by atoms with Crippen molar-refractivity contribution in [3.8, 4) is 0 Å². The number of rotatable bonds is 5. The first-order chi connectivity index (χ1) is 9.70. The number of hydrogen-bond donors (Lipinski definition) is 2. The fourth-order valence-corrected chi connectivity index (χ4v) is 2.03. The van der Waals surface area contributed by atoms with Crippen LogP contribution in [0.25, 0.3) is 0 Å². The van der Waals surface area contributed by atoms with Crippen LogP contribution < -0.4 is 10.6 Å². The van der Waals surface area contributed by atoms with Gasteiger partial charge in [-0.15, -0.1) is 0 Å². The molecule has 1 aromatic carbocycles. The molecule has 1 aromatic heterocycles. The van der Waals surface area contributed by atoms with E-state index in [0.717, 1.165) is 5.56 Å². The molecule has 0 bridgehead atoms. The molecule has 0 fully saturated rings. The van der Waals surface area contributed by atoms with Crippen molar-refractivity contribution in [2.24, 2.45) is 0 Å². The van der Waals surface area contributed by atoms with E-state index >= 15 is 0 Å². The third-order valence-electron chi connectivity index (χ3n) is 2.74. The van der Waals surface area contributed by atoms with Gasteiger partial charge in [0.05, 0.1) is 5.56 Å². The highest BCUT2D eigenvalue weighted by atomic mass is 35.5. The van der Waals surface area contributed by atoms with Crippen LogP contribution >= 0.6 is 11.6 Å². The van der Waals surface area contributed by atoms with Crippen LogP contribution in [0.15, 0.2) is 42.6 Å². The summed E-state index contributed by atoms with van der Waals surface area (Å²) in [5, 5.41) is 6.59. The number of hydrogen-bond acceptors (Lipinski definition) is 3. The third-order valence-corrected chi connectivity index (χ3v) is 2.97. The number of aromatic nitrogens is 1. The Kier molecular flexibility index (Phi) is 4.96. The zero-order valence-corrected chi connectivity index (χ0v) is 11.9. The van der Waals surface area contributed by atoms with Gasteiger partial charge < -0.3 is 10.6 Å².